The van der Waals surface area contributed by atoms with Gasteiger partial charge in [-0.1, -0.05) is 29.3 Å². The summed E-state index contributed by atoms with van der Waals surface area (Å²) in [5, 5.41) is 12.8. The van der Waals surface area contributed by atoms with E-state index in [1.807, 2.05) is 25.3 Å². The largest absolute Gasteiger partial charge is 0.328 e. The van der Waals surface area contributed by atoms with Gasteiger partial charge in [-0.3, -0.25) is 4.79 Å². The summed E-state index contributed by atoms with van der Waals surface area (Å²) >= 11 is 11.8. The third-order valence-corrected chi connectivity index (χ3v) is 4.03. The highest BCUT2D eigenvalue weighted by molar-refractivity contribution is 6.42. The van der Waals surface area contributed by atoms with Crippen molar-refractivity contribution in [2.45, 2.75) is 32.7 Å². The zero-order valence-electron chi connectivity index (χ0n) is 13.2. The molecule has 4 nitrogen and oxygen atoms in total. The molecule has 0 aliphatic heterocycles. The van der Waals surface area contributed by atoms with Gasteiger partial charge in [-0.2, -0.15) is 5.26 Å². The third-order valence-electron chi connectivity index (χ3n) is 3.29. The average Bonchev–Trinajstić information content (AvgIpc) is 2.86. The second-order valence-electron chi connectivity index (χ2n) is 6.24. The summed E-state index contributed by atoms with van der Waals surface area (Å²) in [6.07, 6.45) is 1.91. The molecule has 0 fully saturated rings. The molecule has 1 aromatic heterocycles. The number of amides is 1. The smallest absolute Gasteiger partial charge is 0.229 e. The number of carbonyl (C=O) groups is 1. The minimum Gasteiger partial charge on any atom is -0.328 e. The molecule has 6 heteroatoms. The molecular formula is C17H17Cl2N3O. The zero-order chi connectivity index (χ0) is 17.2. The summed E-state index contributed by atoms with van der Waals surface area (Å²) in [5.74, 6) is 0.413. The van der Waals surface area contributed by atoms with Crippen LogP contribution in [-0.2, 0) is 16.8 Å². The highest BCUT2D eigenvalue weighted by atomic mass is 35.5. The van der Waals surface area contributed by atoms with Crippen LogP contribution in [0.5, 0.6) is 0 Å². The minimum absolute atomic E-state index is 0.175. The fourth-order valence-corrected chi connectivity index (χ4v) is 2.52. The average molecular weight is 350 g/mol. The second-order valence-corrected chi connectivity index (χ2v) is 7.05. The van der Waals surface area contributed by atoms with Crippen molar-refractivity contribution in [3.8, 4) is 6.07 Å². The maximum absolute atomic E-state index is 12.3. The Hall–Kier alpha value is -1.96. The zero-order valence-corrected chi connectivity index (χ0v) is 14.7. The number of hydrogen-bond acceptors (Lipinski definition) is 2. The molecule has 0 atom stereocenters. The number of halogens is 2. The van der Waals surface area contributed by atoms with Crippen molar-refractivity contribution >= 4 is 34.9 Å². The first kappa shape index (κ1) is 17.4. The van der Waals surface area contributed by atoms with E-state index in [0.717, 1.165) is 5.56 Å². The van der Waals surface area contributed by atoms with E-state index < -0.39 is 0 Å². The summed E-state index contributed by atoms with van der Waals surface area (Å²) in [7, 11) is 0. The van der Waals surface area contributed by atoms with Crippen molar-refractivity contribution in [2.24, 2.45) is 0 Å². The number of hydrogen-bond donors (Lipinski definition) is 1. The van der Waals surface area contributed by atoms with Crippen LogP contribution < -0.4 is 5.32 Å². The molecule has 1 amide bonds. The number of rotatable bonds is 3. The number of carbonyl (C=O) groups excluding carboxylic acids is 1. The van der Waals surface area contributed by atoms with Crippen molar-refractivity contribution in [2.75, 3.05) is 5.32 Å². The number of nitriles is 1. The van der Waals surface area contributed by atoms with Crippen molar-refractivity contribution in [1.82, 2.24) is 4.57 Å². The molecule has 0 bridgehead atoms. The van der Waals surface area contributed by atoms with Crippen LogP contribution in [0.25, 0.3) is 0 Å². The molecule has 0 aliphatic rings. The lowest BCUT2D eigenvalue weighted by atomic mass is 10.1. The lowest BCUT2D eigenvalue weighted by molar-refractivity contribution is -0.115. The molecule has 1 N–H and O–H groups in total. The van der Waals surface area contributed by atoms with E-state index in [-0.39, 0.29) is 17.9 Å². The van der Waals surface area contributed by atoms with Crippen LogP contribution in [0, 0.1) is 11.3 Å². The van der Waals surface area contributed by atoms with Gasteiger partial charge in [-0.25, -0.2) is 0 Å². The molecule has 0 aliphatic carbocycles. The first-order valence-corrected chi connectivity index (χ1v) is 7.83. The van der Waals surface area contributed by atoms with Crippen LogP contribution in [0.4, 0.5) is 5.82 Å². The first-order valence-electron chi connectivity index (χ1n) is 7.07. The van der Waals surface area contributed by atoms with Gasteiger partial charge in [0.15, 0.2) is 0 Å². The highest BCUT2D eigenvalue weighted by Gasteiger charge is 2.19. The number of aromatic nitrogens is 1. The highest BCUT2D eigenvalue weighted by Crippen LogP contribution is 2.25. The van der Waals surface area contributed by atoms with Gasteiger partial charge < -0.3 is 9.88 Å². The molecule has 0 radical (unpaired) electrons. The lowest BCUT2D eigenvalue weighted by Crippen LogP contribution is -2.25. The predicted octanol–water partition coefficient (Wildman–Crippen LogP) is 4.60. The molecule has 1 heterocycles. The number of nitrogens with zero attached hydrogens (tertiary/aromatic N) is 2. The van der Waals surface area contributed by atoms with Crippen molar-refractivity contribution < 1.29 is 4.79 Å². The molecule has 2 aromatic rings. The quantitative estimate of drug-likeness (QED) is 0.879. The normalized spacial score (nSPS) is 11.1. The molecule has 0 spiro atoms. The number of anilines is 1. The Labute approximate surface area is 145 Å². The van der Waals surface area contributed by atoms with Crippen LogP contribution in [0.3, 0.4) is 0 Å². The van der Waals surface area contributed by atoms with Crippen LogP contribution >= 0.6 is 23.2 Å². The van der Waals surface area contributed by atoms with E-state index >= 15 is 0 Å². The third kappa shape index (κ3) is 4.28. The van der Waals surface area contributed by atoms with Gasteiger partial charge in [0.25, 0.3) is 0 Å². The van der Waals surface area contributed by atoms with E-state index in [9.17, 15) is 4.79 Å². The molecule has 120 valence electrons. The molecule has 23 heavy (non-hydrogen) atoms. The summed E-state index contributed by atoms with van der Waals surface area (Å²) < 4.78 is 1.87. The maximum atomic E-state index is 12.3. The maximum Gasteiger partial charge on any atom is 0.229 e. The van der Waals surface area contributed by atoms with Gasteiger partial charge in [0.1, 0.15) is 11.9 Å². The standard InChI is InChI=1S/C17H17Cl2N3O/c1-17(2,3)22-10-12(9-20)7-15(22)21-16(23)8-11-4-5-13(18)14(19)6-11/h4-7,10H,8H2,1-3H3,(H,21,23). The van der Waals surface area contributed by atoms with E-state index in [1.165, 1.54) is 0 Å². The molecule has 1 aromatic carbocycles. The Balaban J connectivity index is 2.18. The Morgan fingerprint density at radius 2 is 1.96 bits per heavy atom. The topological polar surface area (TPSA) is 57.8 Å². The van der Waals surface area contributed by atoms with E-state index in [2.05, 4.69) is 11.4 Å². The molecule has 0 saturated carbocycles. The fraction of sp³-hybridized carbons (Fsp3) is 0.294. The van der Waals surface area contributed by atoms with Gasteiger partial charge in [0, 0.05) is 11.7 Å². The molecule has 2 rings (SSSR count). The van der Waals surface area contributed by atoms with Gasteiger partial charge in [-0.05, 0) is 44.5 Å². The van der Waals surface area contributed by atoms with E-state index in [1.54, 1.807) is 30.5 Å². The second kappa shape index (κ2) is 6.66. The molecule has 0 unspecified atom stereocenters. The Morgan fingerprint density at radius 3 is 2.52 bits per heavy atom. The van der Waals surface area contributed by atoms with Gasteiger partial charge in [0.05, 0.1) is 22.0 Å². The summed E-state index contributed by atoms with van der Waals surface area (Å²) in [5.41, 5.74) is 1.03. The van der Waals surface area contributed by atoms with Gasteiger partial charge in [0.2, 0.25) is 5.91 Å². The summed E-state index contributed by atoms with van der Waals surface area (Å²) in [6.45, 7) is 6.01. The van der Waals surface area contributed by atoms with Crippen LogP contribution in [-0.4, -0.2) is 10.5 Å². The van der Waals surface area contributed by atoms with Crippen molar-refractivity contribution in [1.29, 1.82) is 5.26 Å². The van der Waals surface area contributed by atoms with Gasteiger partial charge >= 0.3 is 0 Å². The van der Waals surface area contributed by atoms with Crippen LogP contribution in [0.1, 0.15) is 31.9 Å². The Kier molecular flexibility index (Phi) is 5.03. The monoisotopic (exact) mass is 349 g/mol. The minimum atomic E-state index is -0.249. The summed E-state index contributed by atoms with van der Waals surface area (Å²) in [6, 6.07) is 8.86. The van der Waals surface area contributed by atoms with Crippen molar-refractivity contribution in [3.05, 3.63) is 51.6 Å². The predicted molar refractivity (Wildman–Crippen MR) is 92.9 cm³/mol. The van der Waals surface area contributed by atoms with E-state index in [4.69, 9.17) is 28.5 Å². The first-order chi connectivity index (χ1) is 10.7. The number of benzene rings is 1. The Morgan fingerprint density at radius 1 is 1.26 bits per heavy atom. The SMILES string of the molecule is CC(C)(C)n1cc(C#N)cc1NC(=O)Cc1ccc(Cl)c(Cl)c1. The molecule has 0 saturated heterocycles. The Bertz CT molecular complexity index is 782. The summed E-state index contributed by atoms with van der Waals surface area (Å²) in [4.78, 5) is 12.3. The van der Waals surface area contributed by atoms with E-state index in [0.29, 0.717) is 21.4 Å². The van der Waals surface area contributed by atoms with Crippen molar-refractivity contribution in [3.63, 3.8) is 0 Å². The van der Waals surface area contributed by atoms with Crippen LogP contribution in [0.2, 0.25) is 10.0 Å². The van der Waals surface area contributed by atoms with Crippen LogP contribution in [0.15, 0.2) is 30.5 Å². The fourth-order valence-electron chi connectivity index (χ4n) is 2.20. The van der Waals surface area contributed by atoms with Gasteiger partial charge in [-0.15, -0.1) is 0 Å². The lowest BCUT2D eigenvalue weighted by Gasteiger charge is -2.24. The number of nitrogens with one attached hydrogen (secondary N) is 1. The molecular weight excluding hydrogens is 333 g/mol.